The summed E-state index contributed by atoms with van der Waals surface area (Å²) in [6.45, 7) is 1.84. The van der Waals surface area contributed by atoms with Crippen LogP contribution in [0.4, 0.5) is 0 Å². The van der Waals surface area contributed by atoms with Crippen molar-refractivity contribution >= 4 is 17.6 Å². The van der Waals surface area contributed by atoms with E-state index in [1.165, 1.54) is 6.92 Å². The molecule has 0 aliphatic carbocycles. The zero-order valence-electron chi connectivity index (χ0n) is 6.38. The van der Waals surface area contributed by atoms with Crippen LogP contribution in [-0.2, 0) is 14.3 Å². The summed E-state index contributed by atoms with van der Waals surface area (Å²) in [5.41, 5.74) is 0. The van der Waals surface area contributed by atoms with E-state index in [4.69, 9.17) is 21.1 Å². The maximum absolute atomic E-state index is 10.5. The second kappa shape index (κ2) is 3.93. The molecular formula is C7H11ClO3. The highest BCUT2D eigenvalue weighted by atomic mass is 35.5. The first-order valence-electron chi connectivity index (χ1n) is 3.61. The zero-order valence-corrected chi connectivity index (χ0v) is 7.13. The Bertz CT molecular complexity index is 141. The van der Waals surface area contributed by atoms with Crippen molar-refractivity contribution in [3.05, 3.63) is 0 Å². The molecule has 2 atom stereocenters. The summed E-state index contributed by atoms with van der Waals surface area (Å²) in [6, 6.07) is 0. The smallest absolute Gasteiger partial charge is 0.304 e. The number of alkyl halides is 1. The Kier molecular flexibility index (Phi) is 3.15. The van der Waals surface area contributed by atoms with Crippen molar-refractivity contribution in [1.29, 1.82) is 0 Å². The Labute approximate surface area is 70.6 Å². The molecule has 0 bridgehead atoms. The molecule has 64 valence electrons. The molecule has 1 aliphatic rings. The van der Waals surface area contributed by atoms with Crippen molar-refractivity contribution < 1.29 is 14.3 Å². The number of ether oxygens (including phenoxy) is 2. The predicted octanol–water partition coefficient (Wildman–Crippen LogP) is 1.29. The summed E-state index contributed by atoms with van der Waals surface area (Å²) < 4.78 is 9.95. The number of hydrogen-bond acceptors (Lipinski definition) is 3. The van der Waals surface area contributed by atoms with E-state index in [2.05, 4.69) is 0 Å². The molecule has 1 rings (SSSR count). The van der Waals surface area contributed by atoms with Gasteiger partial charge in [-0.2, -0.15) is 0 Å². The molecule has 4 heteroatoms. The molecule has 1 unspecified atom stereocenters. The second-order valence-corrected chi connectivity index (χ2v) is 3.16. The van der Waals surface area contributed by atoms with E-state index in [0.29, 0.717) is 13.0 Å². The van der Waals surface area contributed by atoms with Crippen molar-refractivity contribution in [3.8, 4) is 0 Å². The van der Waals surface area contributed by atoms with Gasteiger partial charge in [-0.3, -0.25) is 4.79 Å². The summed E-state index contributed by atoms with van der Waals surface area (Å²) in [5, 5.41) is 0.0711. The van der Waals surface area contributed by atoms with E-state index < -0.39 is 0 Å². The van der Waals surface area contributed by atoms with Crippen molar-refractivity contribution in [2.75, 3.05) is 6.61 Å². The third-order valence-corrected chi connectivity index (χ3v) is 1.82. The van der Waals surface area contributed by atoms with E-state index in [1.54, 1.807) is 0 Å². The Balaban J connectivity index is 2.22. The van der Waals surface area contributed by atoms with E-state index >= 15 is 0 Å². The minimum atomic E-state index is -0.373. The molecule has 0 radical (unpaired) electrons. The highest BCUT2D eigenvalue weighted by Gasteiger charge is 2.21. The van der Waals surface area contributed by atoms with Gasteiger partial charge in [0.2, 0.25) is 6.29 Å². The highest BCUT2D eigenvalue weighted by Crippen LogP contribution is 2.18. The molecule has 0 aromatic heterocycles. The van der Waals surface area contributed by atoms with Crippen LogP contribution in [0.25, 0.3) is 0 Å². The van der Waals surface area contributed by atoms with Crippen LogP contribution in [-0.4, -0.2) is 24.2 Å². The van der Waals surface area contributed by atoms with Crippen molar-refractivity contribution in [2.24, 2.45) is 0 Å². The van der Waals surface area contributed by atoms with Crippen LogP contribution in [0.15, 0.2) is 0 Å². The van der Waals surface area contributed by atoms with Crippen LogP contribution in [0.5, 0.6) is 0 Å². The molecular weight excluding hydrogens is 168 g/mol. The lowest BCUT2D eigenvalue weighted by atomic mass is 10.2. The number of esters is 1. The standard InChI is InChI=1S/C7H11ClO3/c1-5(9)11-7-3-2-6(8)4-10-7/h6-7H,2-4H2,1H3/t6-,7?/m0/s1. The molecule has 0 N–H and O–H groups in total. The Morgan fingerprint density at radius 3 is 2.82 bits per heavy atom. The minimum absolute atomic E-state index is 0.0711. The van der Waals surface area contributed by atoms with Gasteiger partial charge in [0.1, 0.15) is 0 Å². The Morgan fingerprint density at radius 2 is 2.36 bits per heavy atom. The molecule has 1 saturated heterocycles. The quantitative estimate of drug-likeness (QED) is 0.449. The fourth-order valence-corrected chi connectivity index (χ4v) is 1.17. The second-order valence-electron chi connectivity index (χ2n) is 2.55. The number of carbonyl (C=O) groups excluding carboxylic acids is 1. The first kappa shape index (κ1) is 8.81. The van der Waals surface area contributed by atoms with Gasteiger partial charge in [-0.25, -0.2) is 0 Å². The van der Waals surface area contributed by atoms with E-state index in [1.807, 2.05) is 0 Å². The number of rotatable bonds is 1. The average Bonchev–Trinajstić information content (AvgIpc) is 1.93. The first-order valence-corrected chi connectivity index (χ1v) is 4.05. The maximum atomic E-state index is 10.5. The first-order chi connectivity index (χ1) is 5.18. The van der Waals surface area contributed by atoms with E-state index in [0.717, 1.165) is 6.42 Å². The largest absolute Gasteiger partial charge is 0.436 e. The van der Waals surface area contributed by atoms with Gasteiger partial charge < -0.3 is 9.47 Å². The summed E-state index contributed by atoms with van der Waals surface area (Å²) >= 11 is 5.75. The lowest BCUT2D eigenvalue weighted by Crippen LogP contribution is -2.29. The van der Waals surface area contributed by atoms with Gasteiger partial charge in [0.05, 0.1) is 12.0 Å². The fraction of sp³-hybridized carbons (Fsp3) is 0.857. The molecule has 0 spiro atoms. The Hall–Kier alpha value is -0.280. The topological polar surface area (TPSA) is 35.5 Å². The highest BCUT2D eigenvalue weighted by molar-refractivity contribution is 6.20. The van der Waals surface area contributed by atoms with Gasteiger partial charge in [0, 0.05) is 13.3 Å². The zero-order chi connectivity index (χ0) is 8.27. The molecule has 1 aliphatic heterocycles. The van der Waals surface area contributed by atoms with E-state index in [9.17, 15) is 4.79 Å². The third kappa shape index (κ3) is 3.08. The lowest BCUT2D eigenvalue weighted by molar-refractivity contribution is -0.183. The van der Waals surface area contributed by atoms with E-state index in [-0.39, 0.29) is 17.6 Å². The molecule has 3 nitrogen and oxygen atoms in total. The van der Waals surface area contributed by atoms with Crippen molar-refractivity contribution in [1.82, 2.24) is 0 Å². The number of hydrogen-bond donors (Lipinski definition) is 0. The molecule has 1 fully saturated rings. The SMILES string of the molecule is CC(=O)OC1CC[C@H](Cl)CO1. The van der Waals surface area contributed by atoms with Crippen LogP contribution < -0.4 is 0 Å². The third-order valence-electron chi connectivity index (χ3n) is 1.48. The predicted molar refractivity (Wildman–Crippen MR) is 40.4 cm³/mol. The molecule has 0 saturated carbocycles. The van der Waals surface area contributed by atoms with Gasteiger partial charge in [-0.05, 0) is 6.42 Å². The number of carbonyl (C=O) groups is 1. The monoisotopic (exact) mass is 178 g/mol. The summed E-state index contributed by atoms with van der Waals surface area (Å²) in [5.74, 6) is -0.303. The van der Waals surface area contributed by atoms with Gasteiger partial charge >= 0.3 is 5.97 Å². The summed E-state index contributed by atoms with van der Waals surface area (Å²) in [7, 11) is 0. The lowest BCUT2D eigenvalue weighted by Gasteiger charge is -2.24. The van der Waals surface area contributed by atoms with Gasteiger partial charge in [-0.15, -0.1) is 11.6 Å². The van der Waals surface area contributed by atoms with Gasteiger partial charge in [0.15, 0.2) is 0 Å². The molecule has 1 heterocycles. The van der Waals surface area contributed by atoms with Gasteiger partial charge in [-0.1, -0.05) is 0 Å². The van der Waals surface area contributed by atoms with Crippen LogP contribution in [0.3, 0.4) is 0 Å². The number of halogens is 1. The fourth-order valence-electron chi connectivity index (χ4n) is 0.973. The van der Waals surface area contributed by atoms with Crippen LogP contribution >= 0.6 is 11.6 Å². The van der Waals surface area contributed by atoms with Crippen molar-refractivity contribution in [3.63, 3.8) is 0 Å². The van der Waals surface area contributed by atoms with Crippen LogP contribution in [0, 0.1) is 0 Å². The average molecular weight is 179 g/mol. The maximum Gasteiger partial charge on any atom is 0.304 e. The van der Waals surface area contributed by atoms with Gasteiger partial charge in [0.25, 0.3) is 0 Å². The molecule has 11 heavy (non-hydrogen) atoms. The van der Waals surface area contributed by atoms with Crippen LogP contribution in [0.2, 0.25) is 0 Å². The summed E-state index contributed by atoms with van der Waals surface area (Å²) in [6.07, 6.45) is 1.18. The molecule has 0 aromatic rings. The summed E-state index contributed by atoms with van der Waals surface area (Å²) in [4.78, 5) is 10.5. The normalized spacial score (nSPS) is 31.5. The minimum Gasteiger partial charge on any atom is -0.436 e. The molecule has 0 aromatic carbocycles. The Morgan fingerprint density at radius 1 is 1.64 bits per heavy atom. The van der Waals surface area contributed by atoms with Crippen LogP contribution in [0.1, 0.15) is 19.8 Å². The van der Waals surface area contributed by atoms with Crippen molar-refractivity contribution in [2.45, 2.75) is 31.4 Å². The molecule has 0 amide bonds.